The summed E-state index contributed by atoms with van der Waals surface area (Å²) in [4.78, 5) is 17.2. The molecule has 4 aliphatic rings. The van der Waals surface area contributed by atoms with E-state index in [1.807, 2.05) is 32.0 Å². The van der Waals surface area contributed by atoms with E-state index in [1.54, 1.807) is 24.5 Å². The smallest absolute Gasteiger partial charge is 0.230 e. The van der Waals surface area contributed by atoms with Gasteiger partial charge >= 0.3 is 0 Å². The van der Waals surface area contributed by atoms with Crippen molar-refractivity contribution in [3.63, 3.8) is 0 Å². The average molecular weight is 532 g/mol. The first-order valence-corrected chi connectivity index (χ1v) is 13.7. The minimum atomic E-state index is -0.759. The Morgan fingerprint density at radius 2 is 1.81 bits per heavy atom. The van der Waals surface area contributed by atoms with Gasteiger partial charge in [-0.2, -0.15) is 0 Å². The van der Waals surface area contributed by atoms with Crippen molar-refractivity contribution in [2.75, 3.05) is 11.9 Å². The van der Waals surface area contributed by atoms with Gasteiger partial charge in [0.25, 0.3) is 0 Å². The van der Waals surface area contributed by atoms with Crippen molar-refractivity contribution in [1.82, 2.24) is 10.3 Å². The SMILES string of the molecule is CC(C)(C(=O)NCC(N)C1C2CC3CC1CC(C(O)Nc1ccncc1)(C3)C2)c1ccc(Cl)c(Cl)c1. The van der Waals surface area contributed by atoms with Crippen molar-refractivity contribution in [3.8, 4) is 0 Å². The van der Waals surface area contributed by atoms with Gasteiger partial charge in [0.1, 0.15) is 6.23 Å². The molecule has 4 bridgehead atoms. The van der Waals surface area contributed by atoms with E-state index in [0.29, 0.717) is 40.3 Å². The highest BCUT2D eigenvalue weighted by Crippen LogP contribution is 2.63. The second-order valence-corrected chi connectivity index (χ2v) is 12.6. The largest absolute Gasteiger partial charge is 0.373 e. The summed E-state index contributed by atoms with van der Waals surface area (Å²) in [6.45, 7) is 4.21. The van der Waals surface area contributed by atoms with Crippen LogP contribution in [0.3, 0.4) is 0 Å². The number of hydrogen-bond donors (Lipinski definition) is 4. The number of halogens is 2. The van der Waals surface area contributed by atoms with Crippen molar-refractivity contribution >= 4 is 34.8 Å². The Morgan fingerprint density at radius 3 is 2.44 bits per heavy atom. The number of aliphatic hydroxyl groups is 1. The van der Waals surface area contributed by atoms with Gasteiger partial charge in [-0.15, -0.1) is 0 Å². The fourth-order valence-corrected chi connectivity index (χ4v) is 7.80. The van der Waals surface area contributed by atoms with Crippen LogP contribution in [-0.4, -0.2) is 34.8 Å². The van der Waals surface area contributed by atoms with Crippen LogP contribution in [0.25, 0.3) is 0 Å². The van der Waals surface area contributed by atoms with Gasteiger partial charge in [0, 0.05) is 36.1 Å². The molecular formula is C28H36Cl2N4O2. The van der Waals surface area contributed by atoms with E-state index in [1.165, 1.54) is 12.8 Å². The lowest BCUT2D eigenvalue weighted by Crippen LogP contribution is -2.61. The fraction of sp³-hybridized carbons (Fsp3) is 0.571. The monoisotopic (exact) mass is 530 g/mol. The van der Waals surface area contributed by atoms with Gasteiger partial charge in [-0.05, 0) is 99.5 Å². The van der Waals surface area contributed by atoms with Crippen molar-refractivity contribution in [1.29, 1.82) is 0 Å². The van der Waals surface area contributed by atoms with E-state index >= 15 is 0 Å². The van der Waals surface area contributed by atoms with Gasteiger partial charge < -0.3 is 21.5 Å². The molecule has 36 heavy (non-hydrogen) atoms. The van der Waals surface area contributed by atoms with Crippen molar-refractivity contribution in [2.45, 2.75) is 63.6 Å². The zero-order valence-corrected chi connectivity index (χ0v) is 22.4. The van der Waals surface area contributed by atoms with Crippen LogP contribution in [0.4, 0.5) is 5.69 Å². The maximum absolute atomic E-state index is 13.2. The molecular weight excluding hydrogens is 495 g/mol. The number of rotatable bonds is 8. The number of carbonyl (C=O) groups is 1. The van der Waals surface area contributed by atoms with Crippen LogP contribution in [0, 0.1) is 29.1 Å². The number of hydrogen-bond acceptors (Lipinski definition) is 5. The van der Waals surface area contributed by atoms with Gasteiger partial charge in [-0.3, -0.25) is 9.78 Å². The summed E-state index contributed by atoms with van der Waals surface area (Å²) in [5.41, 5.74) is 7.61. The number of nitrogens with zero attached hydrogens (tertiary/aromatic N) is 1. The van der Waals surface area contributed by atoms with Gasteiger partial charge in [-0.1, -0.05) is 29.3 Å². The lowest BCUT2D eigenvalue weighted by molar-refractivity contribution is -0.145. The topological polar surface area (TPSA) is 100 Å². The van der Waals surface area contributed by atoms with Crippen molar-refractivity contribution in [3.05, 3.63) is 58.3 Å². The molecule has 8 heteroatoms. The molecule has 6 rings (SSSR count). The number of amides is 1. The number of nitrogens with two attached hydrogens (primary N) is 1. The molecule has 0 saturated heterocycles. The standard InChI is InChI=1S/C28H36Cl2N4O2/c1-27(2,19-3-4-21(29)22(30)11-19)25(35)33-15-23(31)24-17-9-16-10-18(24)14-28(12-16,13-17)26(36)34-20-5-7-32-8-6-20/h3-8,11,16-18,23-24,26,36H,9-10,12-15,31H2,1-2H3,(H,32,34)(H,33,35). The van der Waals surface area contributed by atoms with Crippen LogP contribution >= 0.6 is 23.2 Å². The van der Waals surface area contributed by atoms with Crippen molar-refractivity contribution in [2.24, 2.45) is 34.8 Å². The normalized spacial score (nSPS) is 30.6. The molecule has 1 aromatic carbocycles. The second kappa shape index (κ2) is 9.79. The van der Waals surface area contributed by atoms with Gasteiger partial charge in [0.2, 0.25) is 5.91 Å². The third-order valence-electron chi connectivity index (χ3n) is 9.16. The Labute approximate surface area is 223 Å². The molecule has 1 amide bonds. The highest BCUT2D eigenvalue weighted by Gasteiger charge is 2.58. The second-order valence-electron chi connectivity index (χ2n) is 11.8. The molecule has 1 aromatic heterocycles. The molecule has 0 radical (unpaired) electrons. The quantitative estimate of drug-likeness (QED) is 0.360. The van der Waals surface area contributed by atoms with E-state index in [2.05, 4.69) is 15.6 Å². The molecule has 0 spiro atoms. The molecule has 4 unspecified atom stereocenters. The Morgan fingerprint density at radius 1 is 1.14 bits per heavy atom. The molecule has 194 valence electrons. The van der Waals surface area contributed by atoms with Gasteiger partial charge in [0.05, 0.1) is 15.5 Å². The summed E-state index contributed by atoms with van der Waals surface area (Å²) in [5.74, 6) is 1.87. The van der Waals surface area contributed by atoms with Crippen LogP contribution in [0.5, 0.6) is 0 Å². The number of aromatic nitrogens is 1. The number of benzene rings is 1. The molecule has 0 aliphatic heterocycles. The molecule has 1 heterocycles. The zero-order valence-electron chi connectivity index (χ0n) is 20.9. The highest BCUT2D eigenvalue weighted by atomic mass is 35.5. The molecule has 4 atom stereocenters. The molecule has 4 saturated carbocycles. The summed E-state index contributed by atoms with van der Waals surface area (Å²) in [6, 6.07) is 9.00. The molecule has 4 fully saturated rings. The van der Waals surface area contributed by atoms with Crippen molar-refractivity contribution < 1.29 is 9.90 Å². The highest BCUT2D eigenvalue weighted by molar-refractivity contribution is 6.42. The first kappa shape index (κ1) is 25.8. The van der Waals surface area contributed by atoms with E-state index in [9.17, 15) is 9.90 Å². The summed E-state index contributed by atoms with van der Waals surface area (Å²) in [5, 5.41) is 18.6. The molecule has 6 nitrogen and oxygen atoms in total. The summed E-state index contributed by atoms with van der Waals surface area (Å²) in [7, 11) is 0. The number of anilines is 1. The molecule has 4 aliphatic carbocycles. The van der Waals surface area contributed by atoms with E-state index in [-0.39, 0.29) is 17.4 Å². The van der Waals surface area contributed by atoms with E-state index in [0.717, 1.165) is 30.5 Å². The van der Waals surface area contributed by atoms with Crippen LogP contribution < -0.4 is 16.4 Å². The third-order valence-corrected chi connectivity index (χ3v) is 9.90. The van der Waals surface area contributed by atoms with Crippen LogP contribution in [0.2, 0.25) is 10.0 Å². The maximum Gasteiger partial charge on any atom is 0.230 e. The lowest BCUT2D eigenvalue weighted by atomic mass is 9.44. The lowest BCUT2D eigenvalue weighted by Gasteiger charge is -2.62. The first-order valence-electron chi connectivity index (χ1n) is 12.9. The first-order chi connectivity index (χ1) is 17.1. The minimum Gasteiger partial charge on any atom is -0.373 e. The Kier molecular flexibility index (Phi) is 7.01. The average Bonchev–Trinajstić information content (AvgIpc) is 2.84. The van der Waals surface area contributed by atoms with Gasteiger partial charge in [-0.25, -0.2) is 0 Å². The number of pyridine rings is 1. The third kappa shape index (κ3) is 4.73. The summed E-state index contributed by atoms with van der Waals surface area (Å²) >= 11 is 12.3. The summed E-state index contributed by atoms with van der Waals surface area (Å²) < 4.78 is 0. The summed E-state index contributed by atoms with van der Waals surface area (Å²) in [6.07, 6.45) is 8.23. The predicted octanol–water partition coefficient (Wildman–Crippen LogP) is 4.98. The molecule has 5 N–H and O–H groups in total. The fourth-order valence-electron chi connectivity index (χ4n) is 7.50. The van der Waals surface area contributed by atoms with E-state index < -0.39 is 11.6 Å². The number of aliphatic hydroxyl groups excluding tert-OH is 1. The zero-order chi connectivity index (χ0) is 25.7. The number of nitrogens with one attached hydrogen (secondary N) is 2. The minimum absolute atomic E-state index is 0.0754. The predicted molar refractivity (Wildman–Crippen MR) is 144 cm³/mol. The Hall–Kier alpha value is -1.86. The number of carbonyl (C=O) groups excluding carboxylic acids is 1. The van der Waals surface area contributed by atoms with E-state index in [4.69, 9.17) is 28.9 Å². The Balaban J connectivity index is 1.23. The Bertz CT molecular complexity index is 1100. The van der Waals surface area contributed by atoms with Crippen LogP contribution in [-0.2, 0) is 10.2 Å². The van der Waals surface area contributed by atoms with Gasteiger partial charge in [0.15, 0.2) is 0 Å². The van der Waals surface area contributed by atoms with Crippen LogP contribution in [0.1, 0.15) is 51.5 Å². The molecule has 2 aromatic rings. The maximum atomic E-state index is 13.2. The van der Waals surface area contributed by atoms with Crippen LogP contribution in [0.15, 0.2) is 42.7 Å².